The highest BCUT2D eigenvalue weighted by Gasteiger charge is 2.30. The number of rotatable bonds is 7. The van der Waals surface area contributed by atoms with E-state index in [1.165, 1.54) is 14.2 Å². The molecule has 0 spiro atoms. The third kappa shape index (κ3) is 5.19. The molecule has 0 fully saturated rings. The Morgan fingerprint density at radius 2 is 1.00 bits per heavy atom. The number of aryl methyl sites for hydroxylation is 2. The lowest BCUT2D eigenvalue weighted by molar-refractivity contribution is -0.143. The molecule has 26 heavy (non-hydrogen) atoms. The van der Waals surface area contributed by atoms with Crippen molar-refractivity contribution in [2.75, 3.05) is 14.2 Å². The number of methoxy groups -OCH3 is 2. The highest BCUT2D eigenvalue weighted by molar-refractivity contribution is 5.73. The second-order valence-corrected chi connectivity index (χ2v) is 6.59. The van der Waals surface area contributed by atoms with Crippen molar-refractivity contribution >= 4 is 11.9 Å². The van der Waals surface area contributed by atoms with E-state index in [1.807, 2.05) is 62.4 Å². The zero-order chi connectivity index (χ0) is 19.1. The number of hydrogen-bond acceptors (Lipinski definition) is 4. The van der Waals surface area contributed by atoms with Gasteiger partial charge in [-0.05, 0) is 25.0 Å². The Morgan fingerprint density at radius 3 is 1.27 bits per heavy atom. The van der Waals surface area contributed by atoms with Crippen LogP contribution in [0.25, 0.3) is 0 Å². The molecule has 2 aromatic carbocycles. The lowest BCUT2D eigenvalue weighted by Gasteiger charge is -2.27. The van der Waals surface area contributed by atoms with Crippen molar-refractivity contribution < 1.29 is 19.1 Å². The highest BCUT2D eigenvalue weighted by atomic mass is 16.5. The predicted octanol–water partition coefficient (Wildman–Crippen LogP) is 4.30. The number of benzene rings is 2. The van der Waals surface area contributed by atoms with Crippen LogP contribution in [0.1, 0.15) is 46.9 Å². The Labute approximate surface area is 155 Å². The summed E-state index contributed by atoms with van der Waals surface area (Å²) in [6.07, 6.45) is 0.407. The van der Waals surface area contributed by atoms with Crippen LogP contribution in [0.4, 0.5) is 0 Å². The minimum absolute atomic E-state index is 0.176. The van der Waals surface area contributed by atoms with Crippen LogP contribution in [0.15, 0.2) is 48.5 Å². The number of carbonyl (C=O) groups is 2. The number of esters is 2. The molecule has 2 unspecified atom stereocenters. The monoisotopic (exact) mass is 354 g/mol. The molecule has 0 aliphatic carbocycles. The van der Waals surface area contributed by atoms with E-state index in [2.05, 4.69) is 0 Å². The quantitative estimate of drug-likeness (QED) is 0.696. The fourth-order valence-electron chi connectivity index (χ4n) is 3.14. The summed E-state index contributed by atoms with van der Waals surface area (Å²) in [6.45, 7) is 4.04. The molecular weight excluding hydrogens is 328 g/mol. The second-order valence-electron chi connectivity index (χ2n) is 6.59. The first kappa shape index (κ1) is 19.7. The minimum Gasteiger partial charge on any atom is -0.469 e. The van der Waals surface area contributed by atoms with Gasteiger partial charge in [-0.1, -0.05) is 59.7 Å². The Kier molecular flexibility index (Phi) is 6.96. The molecule has 2 aromatic rings. The normalized spacial score (nSPS) is 12.9. The van der Waals surface area contributed by atoms with E-state index in [-0.39, 0.29) is 36.6 Å². The van der Waals surface area contributed by atoms with Gasteiger partial charge in [0.2, 0.25) is 0 Å². The van der Waals surface area contributed by atoms with E-state index in [0.29, 0.717) is 0 Å². The summed E-state index contributed by atoms with van der Waals surface area (Å²) in [5.74, 6) is -0.940. The summed E-state index contributed by atoms with van der Waals surface area (Å²) in [7, 11) is 2.77. The van der Waals surface area contributed by atoms with Crippen molar-refractivity contribution in [2.24, 2.45) is 0 Å². The fraction of sp³-hybridized carbons (Fsp3) is 0.364. The topological polar surface area (TPSA) is 52.6 Å². The summed E-state index contributed by atoms with van der Waals surface area (Å²) in [5.41, 5.74) is 4.31. The summed E-state index contributed by atoms with van der Waals surface area (Å²) in [5, 5.41) is 0. The standard InChI is InChI=1S/C22H26O4/c1-15-5-9-17(10-6-15)19(13-21(23)25-3)20(14-22(24)26-4)18-11-7-16(2)8-12-18/h5-12,19-20H,13-14H2,1-4H3. The Hall–Kier alpha value is -2.62. The number of carbonyl (C=O) groups excluding carboxylic acids is 2. The summed E-state index contributed by atoms with van der Waals surface area (Å²) in [4.78, 5) is 24.1. The molecule has 0 N–H and O–H groups in total. The van der Waals surface area contributed by atoms with Crippen molar-refractivity contribution in [2.45, 2.75) is 38.5 Å². The summed E-state index contributed by atoms with van der Waals surface area (Å²) < 4.78 is 9.81. The van der Waals surface area contributed by atoms with Crippen LogP contribution in [0.2, 0.25) is 0 Å². The van der Waals surface area contributed by atoms with Crippen molar-refractivity contribution in [3.63, 3.8) is 0 Å². The molecule has 0 radical (unpaired) electrons. The molecule has 2 atom stereocenters. The van der Waals surface area contributed by atoms with Crippen molar-refractivity contribution in [3.8, 4) is 0 Å². The predicted molar refractivity (Wildman–Crippen MR) is 101 cm³/mol. The van der Waals surface area contributed by atoms with Crippen molar-refractivity contribution in [1.29, 1.82) is 0 Å². The van der Waals surface area contributed by atoms with Gasteiger partial charge in [-0.2, -0.15) is 0 Å². The third-order valence-corrected chi connectivity index (χ3v) is 4.73. The first-order chi connectivity index (χ1) is 12.4. The molecule has 4 heteroatoms. The van der Waals surface area contributed by atoms with Crippen LogP contribution >= 0.6 is 0 Å². The molecule has 0 amide bonds. The summed E-state index contributed by atoms with van der Waals surface area (Å²) in [6, 6.07) is 16.1. The third-order valence-electron chi connectivity index (χ3n) is 4.73. The average Bonchev–Trinajstić information content (AvgIpc) is 2.65. The van der Waals surface area contributed by atoms with Gasteiger partial charge in [0.05, 0.1) is 27.1 Å². The summed E-state index contributed by atoms with van der Waals surface area (Å²) >= 11 is 0. The van der Waals surface area contributed by atoms with Crippen LogP contribution in [-0.2, 0) is 19.1 Å². The van der Waals surface area contributed by atoms with Gasteiger partial charge in [-0.25, -0.2) is 0 Å². The van der Waals surface area contributed by atoms with E-state index in [1.54, 1.807) is 0 Å². The Morgan fingerprint density at radius 1 is 0.692 bits per heavy atom. The number of ether oxygens (including phenoxy) is 2. The number of hydrogen-bond donors (Lipinski definition) is 0. The van der Waals surface area contributed by atoms with Gasteiger partial charge >= 0.3 is 11.9 Å². The first-order valence-corrected chi connectivity index (χ1v) is 8.71. The van der Waals surface area contributed by atoms with E-state index >= 15 is 0 Å². The van der Waals surface area contributed by atoms with E-state index in [4.69, 9.17) is 9.47 Å². The van der Waals surface area contributed by atoms with Gasteiger partial charge in [-0.15, -0.1) is 0 Å². The van der Waals surface area contributed by atoms with Gasteiger partial charge in [0.1, 0.15) is 0 Å². The van der Waals surface area contributed by atoms with Crippen LogP contribution in [0.5, 0.6) is 0 Å². The molecule has 0 aliphatic heterocycles. The fourth-order valence-corrected chi connectivity index (χ4v) is 3.14. The van der Waals surface area contributed by atoms with Gasteiger partial charge in [-0.3, -0.25) is 9.59 Å². The maximum atomic E-state index is 12.1. The zero-order valence-corrected chi connectivity index (χ0v) is 15.8. The van der Waals surface area contributed by atoms with Gasteiger partial charge < -0.3 is 9.47 Å². The SMILES string of the molecule is COC(=O)CC(c1ccc(C)cc1)C(CC(=O)OC)c1ccc(C)cc1. The van der Waals surface area contributed by atoms with Gasteiger partial charge in [0.25, 0.3) is 0 Å². The highest BCUT2D eigenvalue weighted by Crippen LogP contribution is 2.39. The lowest BCUT2D eigenvalue weighted by Crippen LogP contribution is -2.20. The van der Waals surface area contributed by atoms with E-state index < -0.39 is 0 Å². The van der Waals surface area contributed by atoms with Crippen LogP contribution < -0.4 is 0 Å². The molecule has 2 rings (SSSR count). The Balaban J connectivity index is 2.47. The molecule has 0 heterocycles. The molecular formula is C22H26O4. The minimum atomic E-state index is -0.294. The maximum Gasteiger partial charge on any atom is 0.306 e. The average molecular weight is 354 g/mol. The first-order valence-electron chi connectivity index (χ1n) is 8.71. The molecule has 4 nitrogen and oxygen atoms in total. The van der Waals surface area contributed by atoms with E-state index in [0.717, 1.165) is 22.3 Å². The zero-order valence-electron chi connectivity index (χ0n) is 15.8. The largest absolute Gasteiger partial charge is 0.469 e. The second kappa shape index (κ2) is 9.18. The van der Waals surface area contributed by atoms with Gasteiger partial charge in [0.15, 0.2) is 0 Å². The Bertz CT molecular complexity index is 666. The van der Waals surface area contributed by atoms with E-state index in [9.17, 15) is 9.59 Å². The molecule has 0 saturated heterocycles. The molecule has 0 saturated carbocycles. The van der Waals surface area contributed by atoms with Crippen LogP contribution in [-0.4, -0.2) is 26.2 Å². The molecule has 0 aliphatic rings. The maximum absolute atomic E-state index is 12.1. The van der Waals surface area contributed by atoms with Crippen LogP contribution in [0, 0.1) is 13.8 Å². The smallest absolute Gasteiger partial charge is 0.306 e. The van der Waals surface area contributed by atoms with Crippen molar-refractivity contribution in [3.05, 3.63) is 70.8 Å². The van der Waals surface area contributed by atoms with Gasteiger partial charge in [0, 0.05) is 11.8 Å². The van der Waals surface area contributed by atoms with Crippen LogP contribution in [0.3, 0.4) is 0 Å². The molecule has 138 valence electrons. The molecule has 0 aromatic heterocycles. The molecule has 0 bridgehead atoms. The van der Waals surface area contributed by atoms with Crippen molar-refractivity contribution in [1.82, 2.24) is 0 Å². The lowest BCUT2D eigenvalue weighted by atomic mass is 9.77.